The molecule has 8 rings (SSSR count). The van der Waals surface area contributed by atoms with E-state index in [4.69, 9.17) is 38.4 Å². The van der Waals surface area contributed by atoms with Crippen molar-refractivity contribution in [2.24, 2.45) is 7.05 Å². The Morgan fingerprint density at radius 3 is 2.36 bits per heavy atom. The number of carbonyl (C=O) groups excluding carboxylic acids is 2. The van der Waals surface area contributed by atoms with Crippen molar-refractivity contribution in [3.05, 3.63) is 107 Å². The van der Waals surface area contributed by atoms with Gasteiger partial charge in [-0.3, -0.25) is 0 Å². The third-order valence-corrected chi connectivity index (χ3v) is 10.4. The first-order valence-electron chi connectivity index (χ1n) is 18.7. The summed E-state index contributed by atoms with van der Waals surface area (Å²) in [6.45, 7) is 6.88. The van der Waals surface area contributed by atoms with Gasteiger partial charge in [0, 0.05) is 39.6 Å². The van der Waals surface area contributed by atoms with Crippen molar-refractivity contribution in [2.75, 3.05) is 20.3 Å². The molecule has 0 radical (unpaired) electrons. The maximum Gasteiger partial charge on any atom is 0.511 e. The number of esters is 1. The largest absolute Gasteiger partial charge is 0.511 e. The van der Waals surface area contributed by atoms with Gasteiger partial charge in [-0.15, -0.1) is 0 Å². The molecule has 2 aromatic heterocycles. The average molecular weight is 745 g/mol. The highest BCUT2D eigenvalue weighted by molar-refractivity contribution is 5.97. The summed E-state index contributed by atoms with van der Waals surface area (Å²) in [6, 6.07) is 27.9. The van der Waals surface area contributed by atoms with Crippen molar-refractivity contribution >= 4 is 34.2 Å². The van der Waals surface area contributed by atoms with Crippen molar-refractivity contribution in [3.63, 3.8) is 0 Å². The van der Waals surface area contributed by atoms with E-state index in [1.165, 1.54) is 6.92 Å². The van der Waals surface area contributed by atoms with Gasteiger partial charge in [-0.2, -0.15) is 0 Å². The number of hydrogen-bond donors (Lipinski definition) is 0. The molecule has 2 saturated heterocycles. The standard InChI is InChI=1S/C43H44N4O8/c1-6-11-37-45-38-25(2)20-29(41-44-32-14-9-10-15-33(32)46(41)4)21-34(38)47(37)22-27-16-18-28(19-17-27)30-12-7-8-13-31(30)42(48)53-26(3)54-43(49)55-36-24-52-39-35(50-5)23-51-40(36)39/h7-10,12-21,26,35-36,39-40H,6,11,22-24H2,1-5H3/t26?,35-,36-,39+,40+/m0/s1. The fourth-order valence-corrected chi connectivity index (χ4v) is 7.71. The van der Waals surface area contributed by atoms with E-state index in [2.05, 4.69) is 60.4 Å². The highest BCUT2D eigenvalue weighted by atomic mass is 16.8. The number of rotatable bonds is 11. The van der Waals surface area contributed by atoms with Gasteiger partial charge in [-0.25, -0.2) is 19.6 Å². The smallest absolute Gasteiger partial charge is 0.426 e. The molecule has 4 aromatic carbocycles. The summed E-state index contributed by atoms with van der Waals surface area (Å²) in [6.07, 6.45) is -1.99. The summed E-state index contributed by atoms with van der Waals surface area (Å²) < 4.78 is 37.5. The number of methoxy groups -OCH3 is 1. The van der Waals surface area contributed by atoms with Crippen molar-refractivity contribution in [1.82, 2.24) is 19.1 Å². The summed E-state index contributed by atoms with van der Waals surface area (Å²) >= 11 is 0. The van der Waals surface area contributed by atoms with Gasteiger partial charge in [0.15, 0.2) is 6.10 Å². The van der Waals surface area contributed by atoms with Crippen molar-refractivity contribution < 1.29 is 38.0 Å². The third kappa shape index (κ3) is 7.08. The van der Waals surface area contributed by atoms with E-state index in [1.807, 2.05) is 42.5 Å². The molecule has 2 fully saturated rings. The highest BCUT2D eigenvalue weighted by Gasteiger charge is 2.50. The van der Waals surface area contributed by atoms with Gasteiger partial charge >= 0.3 is 12.1 Å². The van der Waals surface area contributed by atoms with E-state index >= 15 is 0 Å². The lowest BCUT2D eigenvalue weighted by molar-refractivity contribution is -0.0989. The minimum atomic E-state index is -1.20. The Balaban J connectivity index is 0.979. The summed E-state index contributed by atoms with van der Waals surface area (Å²) in [5, 5.41) is 0. The summed E-state index contributed by atoms with van der Waals surface area (Å²) in [5.74, 6) is 1.32. The molecule has 284 valence electrons. The number of imidazole rings is 2. The minimum absolute atomic E-state index is 0.160. The minimum Gasteiger partial charge on any atom is -0.426 e. The number of fused-ring (bicyclic) bond motifs is 3. The SMILES string of the molecule is CCCc1nc2c(C)cc(-c3nc4ccccc4n3C)cc2n1Cc1ccc(-c2ccccc2C(=O)OC(C)OC(=O)O[C@H]2CO[C@H]3[C@@H]2OC[C@@H]3OC)cc1. The molecular weight excluding hydrogens is 700 g/mol. The van der Waals surface area contributed by atoms with Gasteiger partial charge in [0.25, 0.3) is 0 Å². The van der Waals surface area contributed by atoms with E-state index in [1.54, 1.807) is 19.2 Å². The second-order valence-electron chi connectivity index (χ2n) is 14.1. The molecule has 12 heteroatoms. The average Bonchev–Trinajstić information content (AvgIpc) is 3.95. The monoisotopic (exact) mass is 744 g/mol. The fourth-order valence-electron chi connectivity index (χ4n) is 7.71. The van der Waals surface area contributed by atoms with Crippen LogP contribution in [0, 0.1) is 6.92 Å². The number of ether oxygens (including phenoxy) is 6. The maximum atomic E-state index is 13.4. The predicted octanol–water partition coefficient (Wildman–Crippen LogP) is 7.40. The van der Waals surface area contributed by atoms with E-state index in [0.717, 1.165) is 68.8 Å². The van der Waals surface area contributed by atoms with Crippen LogP contribution in [-0.2, 0) is 48.4 Å². The van der Waals surface area contributed by atoms with Crippen LogP contribution in [0.1, 0.15) is 47.6 Å². The molecular formula is C43H44N4O8. The number of nitrogens with zero attached hydrogens (tertiary/aromatic N) is 4. The first kappa shape index (κ1) is 36.4. The summed E-state index contributed by atoms with van der Waals surface area (Å²) in [7, 11) is 3.64. The normalized spacial score (nSPS) is 19.8. The third-order valence-electron chi connectivity index (χ3n) is 10.4. The Bertz CT molecular complexity index is 2370. The molecule has 0 amide bonds. The Hall–Kier alpha value is -5.56. The first-order valence-corrected chi connectivity index (χ1v) is 18.7. The molecule has 0 bridgehead atoms. The fraction of sp³-hybridized carbons (Fsp3) is 0.349. The molecule has 4 heterocycles. The van der Waals surface area contributed by atoms with Crippen LogP contribution in [0.2, 0.25) is 0 Å². The van der Waals surface area contributed by atoms with E-state index in [9.17, 15) is 9.59 Å². The van der Waals surface area contributed by atoms with Gasteiger partial charge < -0.3 is 37.6 Å². The lowest BCUT2D eigenvalue weighted by atomic mass is 9.98. The molecule has 6 aromatic rings. The number of hydrogen-bond acceptors (Lipinski definition) is 10. The van der Waals surface area contributed by atoms with Crippen LogP contribution in [0.3, 0.4) is 0 Å². The van der Waals surface area contributed by atoms with E-state index in [0.29, 0.717) is 24.3 Å². The van der Waals surface area contributed by atoms with Crippen LogP contribution in [0.25, 0.3) is 44.6 Å². The van der Waals surface area contributed by atoms with Crippen LogP contribution < -0.4 is 0 Å². The molecule has 0 N–H and O–H groups in total. The molecule has 1 unspecified atom stereocenters. The van der Waals surface area contributed by atoms with Gasteiger partial charge in [-0.05, 0) is 65.9 Å². The topological polar surface area (TPSA) is 125 Å². The zero-order valence-corrected chi connectivity index (χ0v) is 31.6. The Morgan fingerprint density at radius 1 is 0.873 bits per heavy atom. The molecule has 55 heavy (non-hydrogen) atoms. The molecule has 2 aliphatic heterocycles. The van der Waals surface area contributed by atoms with Gasteiger partial charge in [0.05, 0.1) is 40.8 Å². The lowest BCUT2D eigenvalue weighted by Crippen LogP contribution is -2.35. The number of para-hydroxylation sites is 2. The Labute approximate surface area is 318 Å². The number of aryl methyl sites for hydroxylation is 3. The van der Waals surface area contributed by atoms with Crippen LogP contribution in [-0.4, -0.2) is 82.3 Å². The summed E-state index contributed by atoms with van der Waals surface area (Å²) in [5.41, 5.74) is 9.22. The van der Waals surface area contributed by atoms with Crippen LogP contribution >= 0.6 is 0 Å². The first-order chi connectivity index (χ1) is 26.7. The van der Waals surface area contributed by atoms with E-state index < -0.39 is 30.6 Å². The zero-order valence-electron chi connectivity index (χ0n) is 31.6. The molecule has 5 atom stereocenters. The van der Waals surface area contributed by atoms with Crippen molar-refractivity contribution in [3.8, 4) is 22.5 Å². The zero-order chi connectivity index (χ0) is 38.2. The van der Waals surface area contributed by atoms with Crippen LogP contribution in [0.5, 0.6) is 0 Å². The predicted molar refractivity (Wildman–Crippen MR) is 206 cm³/mol. The molecule has 0 aliphatic carbocycles. The van der Waals surface area contributed by atoms with Crippen LogP contribution in [0.15, 0.2) is 84.9 Å². The van der Waals surface area contributed by atoms with Gasteiger partial charge in [0.1, 0.15) is 30.0 Å². The second kappa shape index (κ2) is 15.3. The number of benzene rings is 4. The number of aromatic nitrogens is 4. The highest BCUT2D eigenvalue weighted by Crippen LogP contribution is 2.33. The maximum absolute atomic E-state index is 13.4. The van der Waals surface area contributed by atoms with Gasteiger partial charge in [-0.1, -0.05) is 61.5 Å². The lowest BCUT2D eigenvalue weighted by Gasteiger charge is -2.19. The van der Waals surface area contributed by atoms with E-state index in [-0.39, 0.29) is 18.8 Å². The Morgan fingerprint density at radius 2 is 1.60 bits per heavy atom. The van der Waals surface area contributed by atoms with Crippen LogP contribution in [0.4, 0.5) is 4.79 Å². The molecule has 0 spiro atoms. The van der Waals surface area contributed by atoms with Crippen molar-refractivity contribution in [2.45, 2.75) is 70.9 Å². The molecule has 2 aliphatic rings. The van der Waals surface area contributed by atoms with Gasteiger partial charge in [0.2, 0.25) is 6.29 Å². The Kier molecular flexibility index (Phi) is 10.1. The summed E-state index contributed by atoms with van der Waals surface area (Å²) in [4.78, 5) is 36.1. The number of carbonyl (C=O) groups is 2. The van der Waals surface area contributed by atoms with Crippen molar-refractivity contribution in [1.29, 1.82) is 0 Å². The molecule has 12 nitrogen and oxygen atoms in total. The quantitative estimate of drug-likeness (QED) is 0.0979. The molecule has 0 saturated carbocycles. The second-order valence-corrected chi connectivity index (χ2v) is 14.1.